The fourth-order valence-electron chi connectivity index (χ4n) is 5.08. The number of aryl methyl sites for hydroxylation is 1. The number of halogens is 1. The summed E-state index contributed by atoms with van der Waals surface area (Å²) >= 11 is 0. The second-order valence-electron chi connectivity index (χ2n) is 9.54. The number of nitrogens with one attached hydrogen (secondary N) is 1. The van der Waals surface area contributed by atoms with Crippen molar-refractivity contribution in [2.75, 3.05) is 38.7 Å². The molecule has 8 heteroatoms. The number of hydrogen-bond acceptors (Lipinski definition) is 7. The maximum Gasteiger partial charge on any atom is 0.159 e. The number of allylic oxidation sites excluding steroid dienone is 1. The topological polar surface area (TPSA) is 76.6 Å². The molecule has 188 valence electrons. The molecule has 0 amide bonds. The van der Waals surface area contributed by atoms with Crippen LogP contribution in [0, 0.1) is 18.7 Å². The Morgan fingerprint density at radius 2 is 2.17 bits per heavy atom. The lowest BCUT2D eigenvalue weighted by molar-refractivity contribution is -0.114. The van der Waals surface area contributed by atoms with Crippen LogP contribution in [0.4, 0.5) is 15.9 Å². The fourth-order valence-corrected chi connectivity index (χ4v) is 5.08. The molecule has 0 spiro atoms. The van der Waals surface area contributed by atoms with E-state index in [2.05, 4.69) is 20.2 Å². The van der Waals surface area contributed by atoms with Gasteiger partial charge in [-0.2, -0.15) is 0 Å². The molecular weight excluding hydrogens is 459 g/mol. The second kappa shape index (κ2) is 10.7. The highest BCUT2D eigenvalue weighted by Gasteiger charge is 2.33. The normalized spacial score (nSPS) is 20.1. The Bertz CT molecular complexity index is 1300. The molecule has 2 fully saturated rings. The molecule has 3 aromatic rings. The predicted molar refractivity (Wildman–Crippen MR) is 137 cm³/mol. The van der Waals surface area contributed by atoms with Gasteiger partial charge in [0, 0.05) is 48.8 Å². The number of aromatic nitrogens is 2. The number of carbonyl (C=O) groups excluding carboxylic acids is 1. The third-order valence-corrected chi connectivity index (χ3v) is 7.09. The molecule has 36 heavy (non-hydrogen) atoms. The van der Waals surface area contributed by atoms with Gasteiger partial charge in [-0.25, -0.2) is 14.4 Å². The van der Waals surface area contributed by atoms with E-state index in [1.165, 1.54) is 18.8 Å². The number of likely N-dealkylation sites (tertiary alicyclic amines) is 1. The summed E-state index contributed by atoms with van der Waals surface area (Å²) in [4.78, 5) is 23.9. The van der Waals surface area contributed by atoms with Crippen LogP contribution in [-0.2, 0) is 16.0 Å². The average molecular weight is 491 g/mol. The molecule has 5 rings (SSSR count). The van der Waals surface area contributed by atoms with E-state index >= 15 is 0 Å². The lowest BCUT2D eigenvalue weighted by Crippen LogP contribution is -2.42. The molecule has 1 N–H and O–H groups in total. The Labute approximate surface area is 210 Å². The first kappa shape index (κ1) is 24.3. The third-order valence-electron chi connectivity index (χ3n) is 7.09. The highest BCUT2D eigenvalue weighted by atomic mass is 19.1. The van der Waals surface area contributed by atoms with Crippen LogP contribution >= 0.6 is 0 Å². The first-order chi connectivity index (χ1) is 17.5. The molecule has 0 saturated carbocycles. The Kier molecular flexibility index (Phi) is 7.25. The smallest absolute Gasteiger partial charge is 0.159 e. The molecule has 0 aliphatic carbocycles. The van der Waals surface area contributed by atoms with Crippen molar-refractivity contribution in [3.05, 3.63) is 65.8 Å². The molecule has 1 aromatic heterocycles. The zero-order valence-electron chi connectivity index (χ0n) is 20.7. The Hall–Kier alpha value is -3.36. The molecule has 2 unspecified atom stereocenters. The number of hydrogen-bond donors (Lipinski definition) is 1. The Morgan fingerprint density at radius 1 is 1.28 bits per heavy atom. The minimum atomic E-state index is -0.261. The first-order valence-corrected chi connectivity index (χ1v) is 12.4. The molecule has 2 aliphatic rings. The molecule has 2 aromatic carbocycles. The minimum Gasteiger partial charge on any atom is -0.496 e. The number of methoxy groups -OCH3 is 1. The van der Waals surface area contributed by atoms with Gasteiger partial charge in [-0.15, -0.1) is 0 Å². The van der Waals surface area contributed by atoms with Crippen LogP contribution in [0.25, 0.3) is 10.9 Å². The Balaban J connectivity index is 1.30. The zero-order valence-corrected chi connectivity index (χ0v) is 20.7. The van der Waals surface area contributed by atoms with Crippen LogP contribution < -0.4 is 10.1 Å². The van der Waals surface area contributed by atoms with Gasteiger partial charge in [-0.05, 0) is 68.1 Å². The standard InChI is InChI=1S/C28H31FN4O3/c1-18-12-21(5-6-24(18)29)32-28-23-14-20(26(35-2)15-25(23)30-17-31-28)13-22(34)4-3-9-33-10-7-19-8-11-36-27(19)16-33/h3-6,12,14-15,17,19,27H,7-11,13,16H2,1-2H3,(H,30,31,32)/b4-3+. The second-order valence-corrected chi connectivity index (χ2v) is 9.54. The molecule has 3 heterocycles. The summed E-state index contributed by atoms with van der Waals surface area (Å²) in [7, 11) is 1.58. The number of anilines is 2. The van der Waals surface area contributed by atoms with Gasteiger partial charge in [-0.1, -0.05) is 6.08 Å². The van der Waals surface area contributed by atoms with Gasteiger partial charge in [0.05, 0.1) is 18.7 Å². The van der Waals surface area contributed by atoms with Crippen molar-refractivity contribution in [3.63, 3.8) is 0 Å². The summed E-state index contributed by atoms with van der Waals surface area (Å²) in [5, 5.41) is 4.00. The van der Waals surface area contributed by atoms with Crippen LogP contribution in [0.15, 0.2) is 48.8 Å². The van der Waals surface area contributed by atoms with Gasteiger partial charge in [0.15, 0.2) is 5.78 Å². The average Bonchev–Trinajstić information content (AvgIpc) is 3.34. The molecule has 0 bridgehead atoms. The van der Waals surface area contributed by atoms with Crippen molar-refractivity contribution in [3.8, 4) is 5.75 Å². The highest BCUT2D eigenvalue weighted by Crippen LogP contribution is 2.31. The minimum absolute atomic E-state index is 0.000158. The SMILES string of the molecule is COc1cc2ncnc(Nc3ccc(F)c(C)c3)c2cc1CC(=O)/C=C/CN1CCC2CCOC2C1. The van der Waals surface area contributed by atoms with Crippen LogP contribution in [0.3, 0.4) is 0 Å². The number of ketones is 1. The number of rotatable bonds is 8. The van der Waals surface area contributed by atoms with E-state index in [4.69, 9.17) is 9.47 Å². The van der Waals surface area contributed by atoms with E-state index in [1.807, 2.05) is 18.2 Å². The summed E-state index contributed by atoms with van der Waals surface area (Å²) in [6.07, 6.45) is 7.95. The third kappa shape index (κ3) is 5.39. The van der Waals surface area contributed by atoms with E-state index in [0.29, 0.717) is 34.7 Å². The van der Waals surface area contributed by atoms with Crippen LogP contribution in [-0.4, -0.2) is 60.1 Å². The van der Waals surface area contributed by atoms with Crippen LogP contribution in [0.5, 0.6) is 5.75 Å². The van der Waals surface area contributed by atoms with Gasteiger partial charge < -0.3 is 14.8 Å². The van der Waals surface area contributed by atoms with Crippen molar-refractivity contribution in [1.82, 2.24) is 14.9 Å². The number of carbonyl (C=O) groups is 1. The molecule has 2 aliphatic heterocycles. The van der Waals surface area contributed by atoms with Crippen molar-refractivity contribution in [1.29, 1.82) is 0 Å². The zero-order chi connectivity index (χ0) is 25.1. The van der Waals surface area contributed by atoms with Crippen molar-refractivity contribution in [2.45, 2.75) is 32.3 Å². The maximum absolute atomic E-state index is 13.7. The highest BCUT2D eigenvalue weighted by molar-refractivity contribution is 5.96. The van der Waals surface area contributed by atoms with E-state index in [1.54, 1.807) is 32.2 Å². The number of ether oxygens (including phenoxy) is 2. The first-order valence-electron chi connectivity index (χ1n) is 12.4. The van der Waals surface area contributed by atoms with E-state index in [9.17, 15) is 9.18 Å². The van der Waals surface area contributed by atoms with Gasteiger partial charge in [0.25, 0.3) is 0 Å². The summed E-state index contributed by atoms with van der Waals surface area (Å²) in [6.45, 7) is 5.31. The van der Waals surface area contributed by atoms with Crippen LogP contribution in [0.1, 0.15) is 24.0 Å². The number of fused-ring (bicyclic) bond motifs is 2. The molecule has 2 saturated heterocycles. The largest absolute Gasteiger partial charge is 0.496 e. The Morgan fingerprint density at radius 3 is 3.00 bits per heavy atom. The number of piperidine rings is 1. The van der Waals surface area contributed by atoms with Crippen molar-refractivity contribution < 1.29 is 18.7 Å². The van der Waals surface area contributed by atoms with Crippen LogP contribution in [0.2, 0.25) is 0 Å². The van der Waals surface area contributed by atoms with Crippen molar-refractivity contribution >= 4 is 28.2 Å². The monoisotopic (exact) mass is 490 g/mol. The van der Waals surface area contributed by atoms with Gasteiger partial charge in [0.1, 0.15) is 23.7 Å². The van der Waals surface area contributed by atoms with Gasteiger partial charge in [-0.3, -0.25) is 9.69 Å². The number of nitrogens with zero attached hydrogens (tertiary/aromatic N) is 3. The van der Waals surface area contributed by atoms with Gasteiger partial charge >= 0.3 is 0 Å². The summed E-state index contributed by atoms with van der Waals surface area (Å²) < 4.78 is 25.1. The predicted octanol–water partition coefficient (Wildman–Crippen LogP) is 4.61. The lowest BCUT2D eigenvalue weighted by Gasteiger charge is -2.33. The summed E-state index contributed by atoms with van der Waals surface area (Å²) in [5.74, 6) is 1.62. The maximum atomic E-state index is 13.7. The molecule has 7 nitrogen and oxygen atoms in total. The van der Waals surface area contributed by atoms with Crippen molar-refractivity contribution in [2.24, 2.45) is 5.92 Å². The lowest BCUT2D eigenvalue weighted by atomic mass is 9.93. The van der Waals surface area contributed by atoms with E-state index in [0.717, 1.165) is 49.3 Å². The van der Waals surface area contributed by atoms with E-state index < -0.39 is 0 Å². The van der Waals surface area contributed by atoms with Gasteiger partial charge in [0.2, 0.25) is 0 Å². The molecular formula is C28H31FN4O3. The molecule has 0 radical (unpaired) electrons. The molecule has 2 atom stereocenters. The summed E-state index contributed by atoms with van der Waals surface area (Å²) in [6, 6.07) is 8.51. The fraction of sp³-hybridized carbons (Fsp3) is 0.393. The quantitative estimate of drug-likeness (QED) is 0.462. The van der Waals surface area contributed by atoms with E-state index in [-0.39, 0.29) is 18.0 Å². The number of benzene rings is 2. The summed E-state index contributed by atoms with van der Waals surface area (Å²) in [5.41, 5.74) is 2.70.